The van der Waals surface area contributed by atoms with Crippen molar-refractivity contribution < 1.29 is 4.39 Å². The van der Waals surface area contributed by atoms with Crippen LogP contribution >= 0.6 is 22.9 Å². The lowest BCUT2D eigenvalue weighted by Gasteiger charge is -2.04. The third kappa shape index (κ3) is 1.65. The molecule has 1 heterocycles. The van der Waals surface area contributed by atoms with Crippen molar-refractivity contribution in [2.24, 2.45) is 0 Å². The molecule has 0 saturated heterocycles. The van der Waals surface area contributed by atoms with Gasteiger partial charge in [-0.05, 0) is 11.6 Å². The highest BCUT2D eigenvalue weighted by Gasteiger charge is 2.10. The molecule has 1 aromatic carbocycles. The summed E-state index contributed by atoms with van der Waals surface area (Å²) in [5.74, 6) is 0.0674. The van der Waals surface area contributed by atoms with Gasteiger partial charge in [-0.15, -0.1) is 22.9 Å². The molecule has 0 spiro atoms. The van der Waals surface area contributed by atoms with Gasteiger partial charge < -0.3 is 0 Å². The maximum atomic E-state index is 13.5. The minimum Gasteiger partial charge on any atom is -0.252 e. The molecular weight excluding hydrogens is 221 g/mol. The van der Waals surface area contributed by atoms with Crippen molar-refractivity contribution in [1.29, 1.82) is 0 Å². The summed E-state index contributed by atoms with van der Waals surface area (Å²) >= 11 is 7.15. The first-order valence-corrected chi connectivity index (χ1v) is 5.46. The molecule has 0 radical (unpaired) electrons. The van der Waals surface area contributed by atoms with E-state index in [1.807, 2.05) is 6.07 Å². The second kappa shape index (κ2) is 4.07. The number of benzene rings is 1. The van der Waals surface area contributed by atoms with E-state index in [-0.39, 0.29) is 5.82 Å². The van der Waals surface area contributed by atoms with Gasteiger partial charge >= 0.3 is 0 Å². The molecule has 1 nitrogen and oxygen atoms in total. The van der Waals surface area contributed by atoms with Gasteiger partial charge in [0.15, 0.2) is 0 Å². The van der Waals surface area contributed by atoms with Crippen molar-refractivity contribution >= 4 is 22.9 Å². The van der Waals surface area contributed by atoms with Gasteiger partial charge in [0.25, 0.3) is 0 Å². The van der Waals surface area contributed by atoms with E-state index in [1.165, 1.54) is 17.4 Å². The number of alkyl halides is 1. The maximum Gasteiger partial charge on any atom is 0.132 e. The largest absolute Gasteiger partial charge is 0.252 e. The summed E-state index contributed by atoms with van der Waals surface area (Å²) in [7, 11) is 0. The second-order valence-corrected chi connectivity index (χ2v) is 3.93. The van der Waals surface area contributed by atoms with Crippen LogP contribution in [0.25, 0.3) is 10.4 Å². The zero-order valence-corrected chi connectivity index (χ0v) is 8.78. The van der Waals surface area contributed by atoms with Crippen LogP contribution in [-0.2, 0) is 5.88 Å². The highest BCUT2D eigenvalue weighted by Crippen LogP contribution is 2.30. The van der Waals surface area contributed by atoms with E-state index in [9.17, 15) is 4.39 Å². The monoisotopic (exact) mass is 227 g/mol. The number of hydrogen-bond acceptors (Lipinski definition) is 2. The fourth-order valence-corrected chi connectivity index (χ4v) is 2.22. The van der Waals surface area contributed by atoms with Gasteiger partial charge in [-0.1, -0.05) is 12.1 Å². The van der Waals surface area contributed by atoms with E-state index in [2.05, 4.69) is 4.98 Å². The predicted molar refractivity (Wildman–Crippen MR) is 57.1 cm³/mol. The third-order valence-electron chi connectivity index (χ3n) is 1.92. The number of halogens is 2. The summed E-state index contributed by atoms with van der Waals surface area (Å²) in [6.45, 7) is 0. The van der Waals surface area contributed by atoms with Crippen LogP contribution in [0.4, 0.5) is 4.39 Å². The van der Waals surface area contributed by atoms with Gasteiger partial charge in [-0.3, -0.25) is 4.98 Å². The van der Waals surface area contributed by atoms with Gasteiger partial charge in [0.1, 0.15) is 5.82 Å². The summed E-state index contributed by atoms with van der Waals surface area (Å²) in [6, 6.07) is 4.92. The van der Waals surface area contributed by atoms with Crippen molar-refractivity contribution in [3.8, 4) is 10.4 Å². The Hall–Kier alpha value is -0.930. The molecule has 0 fully saturated rings. The number of aromatic nitrogens is 1. The Morgan fingerprint density at radius 3 is 2.93 bits per heavy atom. The van der Waals surface area contributed by atoms with Gasteiger partial charge in [-0.25, -0.2) is 4.39 Å². The molecule has 72 valence electrons. The Morgan fingerprint density at radius 2 is 2.29 bits per heavy atom. The standard InChI is InChI=1S/C10H7ClFNS/c11-4-7-2-1-3-8(12)10(7)9-5-13-6-14-9/h1-3,5-6H,4H2. The van der Waals surface area contributed by atoms with Crippen LogP contribution in [-0.4, -0.2) is 4.98 Å². The summed E-state index contributed by atoms with van der Waals surface area (Å²) < 4.78 is 13.5. The van der Waals surface area contributed by atoms with Crippen molar-refractivity contribution in [2.45, 2.75) is 5.88 Å². The van der Waals surface area contributed by atoms with Crippen molar-refractivity contribution in [2.75, 3.05) is 0 Å². The van der Waals surface area contributed by atoms with Gasteiger partial charge in [0, 0.05) is 17.6 Å². The maximum absolute atomic E-state index is 13.5. The lowest BCUT2D eigenvalue weighted by molar-refractivity contribution is 0.630. The molecule has 0 atom stereocenters. The van der Waals surface area contributed by atoms with Crippen LogP contribution < -0.4 is 0 Å². The Kier molecular flexibility index (Phi) is 2.79. The SMILES string of the molecule is Fc1cccc(CCl)c1-c1cncs1. The van der Waals surface area contributed by atoms with E-state index in [1.54, 1.807) is 17.8 Å². The van der Waals surface area contributed by atoms with Crippen LogP contribution in [0.3, 0.4) is 0 Å². The summed E-state index contributed by atoms with van der Waals surface area (Å²) in [5.41, 5.74) is 3.06. The lowest BCUT2D eigenvalue weighted by atomic mass is 10.1. The third-order valence-corrected chi connectivity index (χ3v) is 3.00. The first-order chi connectivity index (χ1) is 6.83. The molecule has 0 aliphatic carbocycles. The molecule has 0 N–H and O–H groups in total. The summed E-state index contributed by atoms with van der Waals surface area (Å²) in [5, 5.41) is 0. The molecule has 2 aromatic rings. The fraction of sp³-hybridized carbons (Fsp3) is 0.100. The van der Waals surface area contributed by atoms with Crippen LogP contribution in [0.15, 0.2) is 29.9 Å². The van der Waals surface area contributed by atoms with Crippen LogP contribution in [0.2, 0.25) is 0 Å². The summed E-state index contributed by atoms with van der Waals surface area (Å²) in [6.07, 6.45) is 1.65. The minimum absolute atomic E-state index is 0.243. The molecule has 0 amide bonds. The topological polar surface area (TPSA) is 12.9 Å². The van der Waals surface area contributed by atoms with Crippen LogP contribution in [0, 0.1) is 5.82 Å². The number of hydrogen-bond donors (Lipinski definition) is 0. The van der Waals surface area contributed by atoms with Gasteiger partial charge in [0.2, 0.25) is 0 Å². The Morgan fingerprint density at radius 1 is 1.43 bits per heavy atom. The molecule has 14 heavy (non-hydrogen) atoms. The van der Waals surface area contributed by atoms with E-state index < -0.39 is 0 Å². The normalized spacial score (nSPS) is 10.4. The average molecular weight is 228 g/mol. The number of rotatable bonds is 2. The molecule has 4 heteroatoms. The van der Waals surface area contributed by atoms with Crippen LogP contribution in [0.5, 0.6) is 0 Å². The van der Waals surface area contributed by atoms with Crippen molar-refractivity contribution in [3.05, 3.63) is 41.3 Å². The first kappa shape index (κ1) is 9.62. The molecule has 0 saturated carbocycles. The van der Waals surface area contributed by atoms with Crippen molar-refractivity contribution in [1.82, 2.24) is 4.98 Å². The Labute approximate surface area is 90.2 Å². The Bertz CT molecular complexity index is 428. The second-order valence-electron chi connectivity index (χ2n) is 2.77. The van der Waals surface area contributed by atoms with Crippen molar-refractivity contribution in [3.63, 3.8) is 0 Å². The first-order valence-electron chi connectivity index (χ1n) is 4.05. The van der Waals surface area contributed by atoms with E-state index in [0.717, 1.165) is 10.4 Å². The van der Waals surface area contributed by atoms with Gasteiger partial charge in [-0.2, -0.15) is 0 Å². The fourth-order valence-electron chi connectivity index (χ4n) is 1.30. The average Bonchev–Trinajstić information content (AvgIpc) is 2.70. The van der Waals surface area contributed by atoms with E-state index in [4.69, 9.17) is 11.6 Å². The summed E-state index contributed by atoms with van der Waals surface area (Å²) in [4.78, 5) is 4.74. The van der Waals surface area contributed by atoms with E-state index in [0.29, 0.717) is 11.4 Å². The number of thiazole rings is 1. The van der Waals surface area contributed by atoms with E-state index >= 15 is 0 Å². The molecule has 0 aliphatic rings. The zero-order chi connectivity index (χ0) is 9.97. The molecule has 0 bridgehead atoms. The molecular formula is C10H7ClFNS. The van der Waals surface area contributed by atoms with Gasteiger partial charge in [0.05, 0.1) is 10.4 Å². The molecule has 2 rings (SSSR count). The molecule has 0 aliphatic heterocycles. The quantitative estimate of drug-likeness (QED) is 0.713. The smallest absolute Gasteiger partial charge is 0.132 e. The molecule has 1 aromatic heterocycles. The lowest BCUT2D eigenvalue weighted by Crippen LogP contribution is -1.88. The highest BCUT2D eigenvalue weighted by molar-refractivity contribution is 7.13. The number of nitrogens with zero attached hydrogens (tertiary/aromatic N) is 1. The van der Waals surface area contributed by atoms with Crippen LogP contribution in [0.1, 0.15) is 5.56 Å². The Balaban J connectivity index is 2.61. The highest BCUT2D eigenvalue weighted by atomic mass is 35.5. The molecule has 0 unspecified atom stereocenters. The minimum atomic E-state index is -0.243. The predicted octanol–water partition coefficient (Wildman–Crippen LogP) is 3.69. The zero-order valence-electron chi connectivity index (χ0n) is 7.21.